The maximum atomic E-state index is 13.5. The maximum Gasteiger partial charge on any atom is 0.290 e. The zero-order valence-corrected chi connectivity index (χ0v) is 19.3. The lowest BCUT2D eigenvalue weighted by atomic mass is 9.98. The molecule has 2 N–H and O–H groups in total. The van der Waals surface area contributed by atoms with Gasteiger partial charge in [0.1, 0.15) is 11.3 Å². The number of benzene rings is 2. The predicted octanol–water partition coefficient (Wildman–Crippen LogP) is 1.92. The second-order valence-electron chi connectivity index (χ2n) is 8.70. The first kappa shape index (κ1) is 23.1. The lowest BCUT2D eigenvalue weighted by molar-refractivity contribution is -0.119. The average Bonchev–Trinajstić information content (AvgIpc) is 3.15. The van der Waals surface area contributed by atoms with Gasteiger partial charge in [0.05, 0.1) is 30.2 Å². The number of primary amides is 1. The molecule has 2 amide bonds. The number of nitrogens with zero attached hydrogens (tertiary/aromatic N) is 2. The van der Waals surface area contributed by atoms with Gasteiger partial charge in [-0.15, -0.1) is 0 Å². The maximum absolute atomic E-state index is 13.5. The van der Waals surface area contributed by atoms with Crippen molar-refractivity contribution in [3.63, 3.8) is 0 Å². The summed E-state index contributed by atoms with van der Waals surface area (Å²) in [6, 6.07) is 13.4. The quantitative estimate of drug-likeness (QED) is 0.527. The third kappa shape index (κ3) is 4.65. The number of para-hydroxylation sites is 1. The van der Waals surface area contributed by atoms with Gasteiger partial charge in [-0.25, -0.2) is 0 Å². The Morgan fingerprint density at radius 3 is 2.51 bits per heavy atom. The van der Waals surface area contributed by atoms with Crippen LogP contribution in [0.1, 0.15) is 34.1 Å². The Kier molecular flexibility index (Phi) is 6.52. The Labute approximate surface area is 202 Å². The fourth-order valence-corrected chi connectivity index (χ4v) is 4.73. The largest absolute Gasteiger partial charge is 0.484 e. The summed E-state index contributed by atoms with van der Waals surface area (Å²) in [7, 11) is 0. The minimum absolute atomic E-state index is 0.0964. The molecule has 9 heteroatoms. The Morgan fingerprint density at radius 1 is 1.03 bits per heavy atom. The van der Waals surface area contributed by atoms with E-state index in [1.807, 2.05) is 0 Å². The molecule has 0 bridgehead atoms. The highest BCUT2D eigenvalue weighted by Gasteiger charge is 2.42. The van der Waals surface area contributed by atoms with E-state index in [4.69, 9.17) is 19.6 Å². The highest BCUT2D eigenvalue weighted by atomic mass is 16.5. The smallest absolute Gasteiger partial charge is 0.290 e. The summed E-state index contributed by atoms with van der Waals surface area (Å²) in [5, 5.41) is 0.445. The van der Waals surface area contributed by atoms with Crippen LogP contribution >= 0.6 is 0 Å². The summed E-state index contributed by atoms with van der Waals surface area (Å²) < 4.78 is 16.8. The molecule has 2 aliphatic rings. The standard InChI is InChI=1S/C26H27N3O6/c27-21(30)16-34-18-8-6-17(7-9-18)23-22-24(31)19-4-1-2-5-20(19)35-25(22)26(32)29(23)11-3-10-28-12-14-33-15-13-28/h1-2,4-9,23H,3,10-16H2,(H2,27,30). The van der Waals surface area contributed by atoms with Crippen LogP contribution in [0.3, 0.4) is 0 Å². The molecule has 1 fully saturated rings. The van der Waals surface area contributed by atoms with E-state index in [-0.39, 0.29) is 23.7 Å². The van der Waals surface area contributed by atoms with Gasteiger partial charge < -0.3 is 24.5 Å². The second kappa shape index (κ2) is 9.89. The Hall–Kier alpha value is -3.69. The summed E-state index contributed by atoms with van der Waals surface area (Å²) in [6.45, 7) is 4.25. The number of ether oxygens (including phenoxy) is 2. The zero-order chi connectivity index (χ0) is 24.4. The number of amides is 2. The normalized spacial score (nSPS) is 18.1. The van der Waals surface area contributed by atoms with Gasteiger partial charge in [-0.2, -0.15) is 0 Å². The molecule has 35 heavy (non-hydrogen) atoms. The van der Waals surface area contributed by atoms with E-state index in [0.29, 0.717) is 42.0 Å². The van der Waals surface area contributed by atoms with Crippen molar-refractivity contribution in [2.75, 3.05) is 46.0 Å². The van der Waals surface area contributed by atoms with E-state index in [1.54, 1.807) is 53.4 Å². The van der Waals surface area contributed by atoms with Crippen LogP contribution < -0.4 is 15.9 Å². The van der Waals surface area contributed by atoms with Gasteiger partial charge in [0.25, 0.3) is 11.8 Å². The molecule has 5 rings (SSSR count). The number of carbonyl (C=O) groups excluding carboxylic acids is 2. The van der Waals surface area contributed by atoms with Crippen LogP contribution in [-0.2, 0) is 9.53 Å². The van der Waals surface area contributed by atoms with Crippen molar-refractivity contribution in [1.29, 1.82) is 0 Å². The highest BCUT2D eigenvalue weighted by Crippen LogP contribution is 2.38. The molecule has 182 valence electrons. The van der Waals surface area contributed by atoms with E-state index in [0.717, 1.165) is 31.6 Å². The van der Waals surface area contributed by atoms with Crippen LogP contribution in [0.15, 0.2) is 57.7 Å². The molecule has 0 saturated carbocycles. The summed E-state index contributed by atoms with van der Waals surface area (Å²) >= 11 is 0. The van der Waals surface area contributed by atoms with Crippen molar-refractivity contribution in [2.24, 2.45) is 5.73 Å². The number of carbonyl (C=O) groups is 2. The van der Waals surface area contributed by atoms with Gasteiger partial charge in [-0.05, 0) is 36.2 Å². The number of morpholine rings is 1. The first-order valence-electron chi connectivity index (χ1n) is 11.7. The molecule has 1 atom stereocenters. The molecule has 9 nitrogen and oxygen atoms in total. The Balaban J connectivity index is 1.47. The first-order valence-corrected chi connectivity index (χ1v) is 11.7. The molecule has 3 aromatic rings. The molecule has 0 radical (unpaired) electrons. The van der Waals surface area contributed by atoms with E-state index in [9.17, 15) is 14.4 Å². The third-order valence-electron chi connectivity index (χ3n) is 6.43. The van der Waals surface area contributed by atoms with Crippen LogP contribution in [0, 0.1) is 0 Å². The van der Waals surface area contributed by atoms with Gasteiger partial charge in [-0.1, -0.05) is 24.3 Å². The minimum Gasteiger partial charge on any atom is -0.484 e. The summed E-state index contributed by atoms with van der Waals surface area (Å²) in [4.78, 5) is 42.1. The number of rotatable bonds is 8. The van der Waals surface area contributed by atoms with Crippen molar-refractivity contribution in [3.8, 4) is 5.75 Å². The van der Waals surface area contributed by atoms with Gasteiger partial charge in [0.15, 0.2) is 12.0 Å². The Bertz CT molecular complexity index is 1300. The molecule has 1 unspecified atom stereocenters. The van der Waals surface area contributed by atoms with Crippen LogP contribution in [0.4, 0.5) is 0 Å². The molecule has 0 spiro atoms. The number of fused-ring (bicyclic) bond motifs is 2. The van der Waals surface area contributed by atoms with E-state index in [1.165, 1.54) is 0 Å². The number of nitrogens with two attached hydrogens (primary N) is 1. The predicted molar refractivity (Wildman–Crippen MR) is 128 cm³/mol. The van der Waals surface area contributed by atoms with E-state index < -0.39 is 11.9 Å². The van der Waals surface area contributed by atoms with Crippen molar-refractivity contribution >= 4 is 22.8 Å². The highest BCUT2D eigenvalue weighted by molar-refractivity contribution is 5.99. The fraction of sp³-hybridized carbons (Fsp3) is 0.346. The lowest BCUT2D eigenvalue weighted by Crippen LogP contribution is -2.38. The van der Waals surface area contributed by atoms with Gasteiger partial charge in [0, 0.05) is 26.2 Å². The summed E-state index contributed by atoms with van der Waals surface area (Å²) in [5.41, 5.74) is 6.46. The van der Waals surface area contributed by atoms with Gasteiger partial charge in [-0.3, -0.25) is 19.3 Å². The molecule has 1 aromatic heterocycles. The van der Waals surface area contributed by atoms with Crippen LogP contribution in [0.25, 0.3) is 11.0 Å². The van der Waals surface area contributed by atoms with Crippen LogP contribution in [-0.4, -0.2) is 67.6 Å². The molecular weight excluding hydrogens is 450 g/mol. The molecule has 2 aliphatic heterocycles. The van der Waals surface area contributed by atoms with Crippen molar-refractivity contribution in [1.82, 2.24) is 9.80 Å². The van der Waals surface area contributed by atoms with Gasteiger partial charge >= 0.3 is 0 Å². The molecule has 2 aromatic carbocycles. The molecule has 0 aliphatic carbocycles. The number of hydrogen-bond acceptors (Lipinski definition) is 7. The van der Waals surface area contributed by atoms with Crippen molar-refractivity contribution in [2.45, 2.75) is 12.5 Å². The first-order chi connectivity index (χ1) is 17.0. The topological polar surface area (TPSA) is 115 Å². The second-order valence-corrected chi connectivity index (χ2v) is 8.70. The minimum atomic E-state index is -0.576. The van der Waals surface area contributed by atoms with E-state index >= 15 is 0 Å². The monoisotopic (exact) mass is 477 g/mol. The van der Waals surface area contributed by atoms with Crippen molar-refractivity contribution < 1.29 is 23.5 Å². The zero-order valence-electron chi connectivity index (χ0n) is 19.3. The SMILES string of the molecule is NC(=O)COc1ccc(C2c3c(oc4ccccc4c3=O)C(=O)N2CCCN2CCOCC2)cc1. The lowest BCUT2D eigenvalue weighted by Gasteiger charge is -2.29. The third-order valence-corrected chi connectivity index (χ3v) is 6.43. The van der Waals surface area contributed by atoms with E-state index in [2.05, 4.69) is 4.90 Å². The Morgan fingerprint density at radius 2 is 1.77 bits per heavy atom. The molecule has 1 saturated heterocycles. The van der Waals surface area contributed by atoms with Crippen LogP contribution in [0.5, 0.6) is 5.75 Å². The van der Waals surface area contributed by atoms with Crippen LogP contribution in [0.2, 0.25) is 0 Å². The summed E-state index contributed by atoms with van der Waals surface area (Å²) in [6.07, 6.45) is 0.754. The van der Waals surface area contributed by atoms with Crippen molar-refractivity contribution in [3.05, 3.63) is 75.6 Å². The molecule has 3 heterocycles. The summed E-state index contributed by atoms with van der Waals surface area (Å²) in [5.74, 6) is -0.287. The fourth-order valence-electron chi connectivity index (χ4n) is 4.73. The average molecular weight is 478 g/mol. The molecular formula is C26H27N3O6. The number of hydrogen-bond donors (Lipinski definition) is 1. The van der Waals surface area contributed by atoms with Gasteiger partial charge in [0.2, 0.25) is 5.76 Å².